The summed E-state index contributed by atoms with van der Waals surface area (Å²) < 4.78 is 5.39. The molecule has 0 atom stereocenters. The molecule has 0 saturated heterocycles. The van der Waals surface area contributed by atoms with E-state index in [0.717, 1.165) is 30.4 Å². The molecule has 4 heteroatoms. The van der Waals surface area contributed by atoms with Gasteiger partial charge in [-0.15, -0.1) is 0 Å². The molecule has 1 aliphatic carbocycles. The van der Waals surface area contributed by atoms with Crippen molar-refractivity contribution in [1.82, 2.24) is 0 Å². The van der Waals surface area contributed by atoms with Crippen LogP contribution in [0.2, 0.25) is 5.02 Å². The molecular weight excluding hydrogens is 288 g/mol. The van der Waals surface area contributed by atoms with E-state index in [1.165, 1.54) is 0 Å². The van der Waals surface area contributed by atoms with Crippen molar-refractivity contribution in [2.75, 3.05) is 7.11 Å². The fraction of sp³-hybridized carbons (Fsp3) is 0.588. The van der Waals surface area contributed by atoms with Crippen molar-refractivity contribution < 1.29 is 14.6 Å². The van der Waals surface area contributed by atoms with E-state index in [-0.39, 0.29) is 5.92 Å². The molecule has 0 amide bonds. The lowest BCUT2D eigenvalue weighted by Gasteiger charge is -2.34. The number of aliphatic carboxylic acids is 1. The summed E-state index contributed by atoms with van der Waals surface area (Å²) in [7, 11) is 1.60. The molecule has 1 aromatic carbocycles. The Kier molecular flexibility index (Phi) is 4.82. The summed E-state index contributed by atoms with van der Waals surface area (Å²) in [6, 6.07) is 3.76. The molecule has 1 aromatic rings. The van der Waals surface area contributed by atoms with Crippen molar-refractivity contribution in [3.05, 3.63) is 28.3 Å². The maximum atomic E-state index is 11.9. The first-order chi connectivity index (χ1) is 9.92. The number of methoxy groups -OCH3 is 1. The van der Waals surface area contributed by atoms with Gasteiger partial charge in [0.05, 0.1) is 17.5 Å². The Hall–Kier alpha value is -1.22. The Morgan fingerprint density at radius 1 is 1.29 bits per heavy atom. The molecule has 0 aromatic heterocycles. The second-order valence-corrected chi connectivity index (χ2v) is 6.59. The SMILES string of the molecule is COc1c(Cl)cc(C2(C(=O)O)CCCCC2)cc1C(C)C. The smallest absolute Gasteiger partial charge is 0.314 e. The minimum Gasteiger partial charge on any atom is -0.495 e. The summed E-state index contributed by atoms with van der Waals surface area (Å²) >= 11 is 6.35. The highest BCUT2D eigenvalue weighted by Crippen LogP contribution is 2.44. The number of hydrogen-bond donors (Lipinski definition) is 1. The summed E-state index contributed by atoms with van der Waals surface area (Å²) in [6.07, 6.45) is 4.38. The molecule has 0 heterocycles. The van der Waals surface area contributed by atoms with E-state index in [1.54, 1.807) is 13.2 Å². The van der Waals surface area contributed by atoms with Crippen LogP contribution in [0.1, 0.15) is 63.0 Å². The predicted octanol–water partition coefficient (Wildman–Crippen LogP) is 4.76. The van der Waals surface area contributed by atoms with Crippen LogP contribution in [0.25, 0.3) is 0 Å². The molecule has 116 valence electrons. The van der Waals surface area contributed by atoms with Crippen molar-refractivity contribution in [2.45, 2.75) is 57.3 Å². The monoisotopic (exact) mass is 310 g/mol. The molecule has 0 aliphatic heterocycles. The molecular formula is C17H23ClO3. The maximum absolute atomic E-state index is 11.9. The summed E-state index contributed by atoms with van der Waals surface area (Å²) in [5.41, 5.74) is 1.01. The van der Waals surface area contributed by atoms with Crippen LogP contribution in [0.15, 0.2) is 12.1 Å². The van der Waals surface area contributed by atoms with Crippen LogP contribution in [-0.2, 0) is 10.2 Å². The van der Waals surface area contributed by atoms with Crippen LogP contribution < -0.4 is 4.74 Å². The number of ether oxygens (including phenoxy) is 1. The van der Waals surface area contributed by atoms with E-state index in [2.05, 4.69) is 13.8 Å². The number of halogens is 1. The Morgan fingerprint density at radius 3 is 2.38 bits per heavy atom. The summed E-state index contributed by atoms with van der Waals surface area (Å²) in [4.78, 5) is 11.9. The van der Waals surface area contributed by atoms with Crippen LogP contribution in [0.5, 0.6) is 5.75 Å². The number of benzene rings is 1. The highest BCUT2D eigenvalue weighted by atomic mass is 35.5. The summed E-state index contributed by atoms with van der Waals surface area (Å²) in [5, 5.41) is 10.3. The van der Waals surface area contributed by atoms with Gasteiger partial charge in [0, 0.05) is 0 Å². The fourth-order valence-electron chi connectivity index (χ4n) is 3.32. The van der Waals surface area contributed by atoms with Gasteiger partial charge in [0.2, 0.25) is 0 Å². The molecule has 1 N–H and O–H groups in total. The van der Waals surface area contributed by atoms with E-state index in [0.29, 0.717) is 23.6 Å². The van der Waals surface area contributed by atoms with Gasteiger partial charge >= 0.3 is 5.97 Å². The third-order valence-electron chi connectivity index (χ3n) is 4.57. The van der Waals surface area contributed by atoms with Crippen molar-refractivity contribution in [2.24, 2.45) is 0 Å². The molecule has 3 nitrogen and oxygen atoms in total. The number of carboxylic acids is 1. The number of carboxylic acid groups (broad SMARTS) is 1. The first-order valence-electron chi connectivity index (χ1n) is 7.53. The zero-order valence-electron chi connectivity index (χ0n) is 12.9. The van der Waals surface area contributed by atoms with Gasteiger partial charge in [-0.1, -0.05) is 50.8 Å². The highest BCUT2D eigenvalue weighted by molar-refractivity contribution is 6.32. The first kappa shape index (κ1) is 16.2. The second kappa shape index (κ2) is 6.27. The van der Waals surface area contributed by atoms with Crippen molar-refractivity contribution >= 4 is 17.6 Å². The lowest BCUT2D eigenvalue weighted by Crippen LogP contribution is -2.38. The van der Waals surface area contributed by atoms with Crippen molar-refractivity contribution in [3.63, 3.8) is 0 Å². The van der Waals surface area contributed by atoms with E-state index >= 15 is 0 Å². The Morgan fingerprint density at radius 2 is 1.90 bits per heavy atom. The van der Waals surface area contributed by atoms with Crippen LogP contribution in [0, 0.1) is 0 Å². The molecule has 1 fully saturated rings. The Balaban J connectivity index is 2.59. The van der Waals surface area contributed by atoms with Crippen LogP contribution in [0.3, 0.4) is 0 Å². The van der Waals surface area contributed by atoms with E-state index in [4.69, 9.17) is 16.3 Å². The molecule has 1 aliphatic rings. The average Bonchev–Trinajstić information content (AvgIpc) is 2.46. The first-order valence-corrected chi connectivity index (χ1v) is 7.91. The minimum atomic E-state index is -0.794. The molecule has 0 unspecified atom stereocenters. The molecule has 21 heavy (non-hydrogen) atoms. The molecule has 0 bridgehead atoms. The van der Waals surface area contributed by atoms with Gasteiger partial charge in [0.1, 0.15) is 5.75 Å². The zero-order valence-corrected chi connectivity index (χ0v) is 13.7. The number of carbonyl (C=O) groups is 1. The molecule has 0 radical (unpaired) electrons. The quantitative estimate of drug-likeness (QED) is 0.872. The van der Waals surface area contributed by atoms with Gasteiger partial charge in [-0.2, -0.15) is 0 Å². The lowest BCUT2D eigenvalue weighted by molar-refractivity contribution is -0.145. The number of hydrogen-bond acceptors (Lipinski definition) is 2. The second-order valence-electron chi connectivity index (χ2n) is 6.18. The molecule has 0 spiro atoms. The topological polar surface area (TPSA) is 46.5 Å². The Bertz CT molecular complexity index is 531. The third-order valence-corrected chi connectivity index (χ3v) is 4.85. The maximum Gasteiger partial charge on any atom is 0.314 e. The van der Waals surface area contributed by atoms with Crippen molar-refractivity contribution in [3.8, 4) is 5.75 Å². The normalized spacial score (nSPS) is 17.8. The predicted molar refractivity (Wildman–Crippen MR) is 84.5 cm³/mol. The third kappa shape index (κ3) is 2.89. The zero-order chi connectivity index (χ0) is 15.6. The van der Waals surface area contributed by atoms with Gasteiger partial charge in [-0.25, -0.2) is 0 Å². The van der Waals surface area contributed by atoms with E-state index < -0.39 is 11.4 Å². The minimum absolute atomic E-state index is 0.229. The van der Waals surface area contributed by atoms with Gasteiger partial charge in [-0.3, -0.25) is 4.79 Å². The Labute approximate surface area is 131 Å². The fourth-order valence-corrected chi connectivity index (χ4v) is 3.62. The van der Waals surface area contributed by atoms with Crippen LogP contribution in [-0.4, -0.2) is 18.2 Å². The largest absolute Gasteiger partial charge is 0.495 e. The van der Waals surface area contributed by atoms with Gasteiger partial charge in [0.25, 0.3) is 0 Å². The summed E-state index contributed by atoms with van der Waals surface area (Å²) in [5.74, 6) is 0.150. The van der Waals surface area contributed by atoms with Crippen LogP contribution >= 0.6 is 11.6 Å². The number of rotatable bonds is 4. The lowest BCUT2D eigenvalue weighted by atomic mass is 9.69. The van der Waals surface area contributed by atoms with Crippen LogP contribution in [0.4, 0.5) is 0 Å². The summed E-state index contributed by atoms with van der Waals surface area (Å²) in [6.45, 7) is 4.12. The van der Waals surface area contributed by atoms with Gasteiger partial charge in [-0.05, 0) is 36.0 Å². The molecule has 1 saturated carbocycles. The van der Waals surface area contributed by atoms with E-state index in [9.17, 15) is 9.90 Å². The highest BCUT2D eigenvalue weighted by Gasteiger charge is 2.42. The molecule has 2 rings (SSSR count). The van der Waals surface area contributed by atoms with Gasteiger partial charge < -0.3 is 9.84 Å². The van der Waals surface area contributed by atoms with Crippen molar-refractivity contribution in [1.29, 1.82) is 0 Å². The van der Waals surface area contributed by atoms with Gasteiger partial charge in [0.15, 0.2) is 0 Å². The van der Waals surface area contributed by atoms with E-state index in [1.807, 2.05) is 6.07 Å². The average molecular weight is 311 g/mol. The standard InChI is InChI=1S/C17H23ClO3/c1-11(2)13-9-12(10-14(18)15(13)21-3)17(16(19)20)7-5-4-6-8-17/h9-11H,4-8H2,1-3H3,(H,19,20).